The predicted octanol–water partition coefficient (Wildman–Crippen LogP) is 5.00. The summed E-state index contributed by atoms with van der Waals surface area (Å²) in [7, 11) is 1.44. The number of amides is 2. The minimum atomic E-state index is -2.02. The quantitative estimate of drug-likeness (QED) is 0.187. The van der Waals surface area contributed by atoms with Crippen LogP contribution in [0, 0.1) is 36.5 Å². The Morgan fingerprint density at radius 1 is 0.913 bits per heavy atom. The highest BCUT2D eigenvalue weighted by Crippen LogP contribution is 2.50. The summed E-state index contributed by atoms with van der Waals surface area (Å²) in [5.74, 6) is -7.88. The molecule has 9 atom stereocenters. The lowest BCUT2D eigenvalue weighted by atomic mass is 9.78. The third-order valence-corrected chi connectivity index (χ3v) is 14.9. The Bertz CT molecular complexity index is 2370. The number of benzene rings is 1. The zero-order chi connectivity index (χ0) is 50.3. The van der Waals surface area contributed by atoms with Crippen LogP contribution in [0.4, 0.5) is 0 Å². The predicted molar refractivity (Wildman–Crippen MR) is 256 cm³/mol. The summed E-state index contributed by atoms with van der Waals surface area (Å²) in [6.07, 6.45) is 6.72. The van der Waals surface area contributed by atoms with Gasteiger partial charge in [0.25, 0.3) is 11.7 Å². The van der Waals surface area contributed by atoms with Crippen molar-refractivity contribution in [2.75, 3.05) is 39.8 Å². The number of nitrogens with zero attached hydrogens (tertiary/aromatic N) is 3. The number of piperidine rings is 2. The highest BCUT2D eigenvalue weighted by atomic mass is 16.7. The van der Waals surface area contributed by atoms with Crippen LogP contribution in [-0.2, 0) is 28.6 Å². The number of phenols is 1. The molecule has 1 spiro atoms. The molecule has 6 aliphatic heterocycles. The summed E-state index contributed by atoms with van der Waals surface area (Å²) in [6.45, 7) is 19.2. The molecule has 2 amide bonds. The highest BCUT2D eigenvalue weighted by Gasteiger charge is 2.54. The van der Waals surface area contributed by atoms with Gasteiger partial charge in [-0.25, -0.2) is 0 Å². The van der Waals surface area contributed by atoms with E-state index in [2.05, 4.69) is 29.4 Å². The van der Waals surface area contributed by atoms with Gasteiger partial charge in [-0.2, -0.15) is 0 Å². The molecule has 1 aromatic carbocycles. The number of carbonyl (C=O) groups excluding carboxylic acids is 5. The second-order valence-electron chi connectivity index (χ2n) is 20.5. The number of hydrogen-bond acceptors (Lipinski definition) is 15. The number of aliphatic hydroxyl groups excluding tert-OH is 2. The molecule has 0 saturated carbocycles. The van der Waals surface area contributed by atoms with Crippen molar-refractivity contribution >= 4 is 35.1 Å². The molecule has 0 unspecified atom stereocenters. The molecule has 17 heteroatoms. The van der Waals surface area contributed by atoms with Crippen molar-refractivity contribution in [1.29, 1.82) is 0 Å². The number of aliphatic imine (C=N–C) groups is 1. The van der Waals surface area contributed by atoms with Gasteiger partial charge < -0.3 is 54.7 Å². The Balaban J connectivity index is 1.29. The topological polar surface area (TPSA) is 226 Å². The SMILES string of the molecule is CO[C@H]1/C=C/O[C@@]2(C)Oc3c(C)c(O)c4c(c3C2=O)C2=NC3(CCN(CC(C)C)CC3)NC2=C(NC(=O)/C(C)=C\C=C\[C@H](C)[C@H](O)[C@@H](C)[C@@H](O)[C@@H](C)[C@H](OC(=O)CC(=O)N2CCCCC2)[C@@H]1C)C4=O. The number of allylic oxidation sites excluding steroid dienone is 4. The Kier molecular flexibility index (Phi) is 15.3. The summed E-state index contributed by atoms with van der Waals surface area (Å²) < 4.78 is 24.5. The van der Waals surface area contributed by atoms with E-state index in [1.807, 2.05) is 0 Å². The van der Waals surface area contributed by atoms with E-state index in [9.17, 15) is 39.3 Å². The van der Waals surface area contributed by atoms with Gasteiger partial charge in [0, 0.05) is 100.0 Å². The van der Waals surface area contributed by atoms with Crippen LogP contribution in [0.25, 0.3) is 0 Å². The molecule has 0 radical (unpaired) electrons. The number of ether oxygens (including phenoxy) is 4. The number of rotatable bonds is 6. The molecule has 2 saturated heterocycles. The van der Waals surface area contributed by atoms with Crippen LogP contribution < -0.4 is 15.4 Å². The molecule has 69 heavy (non-hydrogen) atoms. The summed E-state index contributed by atoms with van der Waals surface area (Å²) in [4.78, 5) is 79.7. The number of fused-ring (bicyclic) bond motifs is 13. The third-order valence-electron chi connectivity index (χ3n) is 14.9. The lowest BCUT2D eigenvalue weighted by Gasteiger charge is -2.38. The average molecular weight is 958 g/mol. The molecule has 5 N–H and O–H groups in total. The number of hydrogen-bond donors (Lipinski definition) is 5. The van der Waals surface area contributed by atoms with Crippen LogP contribution in [-0.4, -0.2) is 136 Å². The number of aromatic hydroxyl groups is 1. The minimum absolute atomic E-state index is 0.00563. The second kappa shape index (κ2) is 20.5. The van der Waals surface area contributed by atoms with Crippen molar-refractivity contribution in [3.8, 4) is 11.5 Å². The normalized spacial score (nSPS) is 32.6. The van der Waals surface area contributed by atoms with E-state index in [0.29, 0.717) is 44.9 Å². The maximum atomic E-state index is 14.9. The molecule has 1 aliphatic carbocycles. The molecule has 8 rings (SSSR count). The second-order valence-corrected chi connectivity index (χ2v) is 20.5. The maximum Gasteiger partial charge on any atom is 0.315 e. The fourth-order valence-electron chi connectivity index (χ4n) is 10.7. The van der Waals surface area contributed by atoms with E-state index in [1.165, 1.54) is 33.3 Å². The molecule has 5 bridgehead atoms. The maximum absolute atomic E-state index is 14.9. The number of nitrogens with one attached hydrogen (secondary N) is 2. The standard InChI is InChI=1S/C52H71N5O12/c1-27(2)26-56-22-18-52(19-23-56)54-40-37-38-45(62)33(8)48-39(37)49(64)51(9,69-48)67-24-17-34(66-10)30(5)47(68-36(59)25-35(58)57-20-12-11-13-21-57)32(7)44(61)31(6)43(60)28(3)15-14-16-29(4)50(65)53-42(46(38)63)41(40)55-52/h14-17,24,27-28,30-32,34,43-44,47,55,60-62H,11-13,18-23,25-26H2,1-10H3,(H,53,65)/b15-14+,24-17+,29-16-/t28-,30+,31+,32+,34-,43-,44+,47+,51-/m0/s1. The van der Waals surface area contributed by atoms with Crippen molar-refractivity contribution in [3.05, 3.63) is 69.8 Å². The Morgan fingerprint density at radius 3 is 2.25 bits per heavy atom. The van der Waals surface area contributed by atoms with E-state index >= 15 is 0 Å². The smallest absolute Gasteiger partial charge is 0.315 e. The number of Topliss-reactive ketones (excluding diaryl/α,β-unsaturated/α-hetero) is 2. The number of likely N-dealkylation sites (tertiary alicyclic amines) is 2. The first kappa shape index (κ1) is 51.5. The van der Waals surface area contributed by atoms with E-state index < -0.39 is 95.2 Å². The molecule has 2 fully saturated rings. The van der Waals surface area contributed by atoms with Crippen LogP contribution in [0.15, 0.2) is 52.5 Å². The number of phenolic OH excluding ortho intramolecular Hbond substituents is 1. The van der Waals surface area contributed by atoms with Gasteiger partial charge in [-0.15, -0.1) is 0 Å². The molecule has 6 heterocycles. The van der Waals surface area contributed by atoms with Crippen LogP contribution in [0.3, 0.4) is 0 Å². The molecule has 0 aromatic heterocycles. The molecule has 17 nitrogen and oxygen atoms in total. The minimum Gasteiger partial charge on any atom is -0.507 e. The van der Waals surface area contributed by atoms with Crippen LogP contribution in [0.1, 0.15) is 126 Å². The third kappa shape index (κ3) is 10.2. The van der Waals surface area contributed by atoms with Gasteiger partial charge in [-0.3, -0.25) is 29.0 Å². The highest BCUT2D eigenvalue weighted by molar-refractivity contribution is 6.34. The van der Waals surface area contributed by atoms with Gasteiger partial charge in [0.1, 0.15) is 35.4 Å². The van der Waals surface area contributed by atoms with Crippen LogP contribution in [0.2, 0.25) is 0 Å². The first-order valence-corrected chi connectivity index (χ1v) is 24.5. The van der Waals surface area contributed by atoms with E-state index in [0.717, 1.165) is 25.8 Å². The number of ketones is 2. The van der Waals surface area contributed by atoms with E-state index in [-0.39, 0.29) is 56.6 Å². The lowest BCUT2D eigenvalue weighted by Crippen LogP contribution is -2.50. The Morgan fingerprint density at radius 2 is 1.59 bits per heavy atom. The fraction of sp³-hybridized carbons (Fsp3) is 0.615. The monoisotopic (exact) mass is 958 g/mol. The lowest BCUT2D eigenvalue weighted by molar-refractivity contribution is -0.165. The van der Waals surface area contributed by atoms with E-state index in [1.54, 1.807) is 57.7 Å². The first-order valence-electron chi connectivity index (χ1n) is 24.5. The van der Waals surface area contributed by atoms with Crippen molar-refractivity contribution in [2.24, 2.45) is 34.6 Å². The number of esters is 1. The summed E-state index contributed by atoms with van der Waals surface area (Å²) in [5.41, 5.74) is -0.356. The Labute approximate surface area is 405 Å². The molecular weight excluding hydrogens is 887 g/mol. The van der Waals surface area contributed by atoms with Gasteiger partial charge in [-0.05, 0) is 45.1 Å². The van der Waals surface area contributed by atoms with Crippen LogP contribution >= 0.6 is 0 Å². The zero-order valence-corrected chi connectivity index (χ0v) is 41.7. The van der Waals surface area contributed by atoms with Crippen molar-refractivity contribution in [3.63, 3.8) is 0 Å². The van der Waals surface area contributed by atoms with Gasteiger partial charge in [0.15, 0.2) is 0 Å². The van der Waals surface area contributed by atoms with Crippen molar-refractivity contribution in [2.45, 2.75) is 137 Å². The summed E-state index contributed by atoms with van der Waals surface area (Å²) in [5, 5.41) is 41.7. The number of carbonyl (C=O) groups is 5. The van der Waals surface area contributed by atoms with Gasteiger partial charge in [0.2, 0.25) is 11.7 Å². The number of aliphatic hydroxyl groups is 2. The van der Waals surface area contributed by atoms with Crippen molar-refractivity contribution in [1.82, 2.24) is 20.4 Å². The molecular formula is C52H71N5O12. The summed E-state index contributed by atoms with van der Waals surface area (Å²) >= 11 is 0. The fourth-order valence-corrected chi connectivity index (χ4v) is 10.7. The summed E-state index contributed by atoms with van der Waals surface area (Å²) in [6, 6.07) is 0. The van der Waals surface area contributed by atoms with Gasteiger partial charge >= 0.3 is 11.8 Å². The molecule has 7 aliphatic rings. The zero-order valence-electron chi connectivity index (χ0n) is 41.7. The van der Waals surface area contributed by atoms with Gasteiger partial charge in [-0.1, -0.05) is 59.8 Å². The molecule has 376 valence electrons. The van der Waals surface area contributed by atoms with Crippen LogP contribution in [0.5, 0.6) is 11.5 Å². The first-order chi connectivity index (χ1) is 32.6. The largest absolute Gasteiger partial charge is 0.507 e. The average Bonchev–Trinajstić information content (AvgIpc) is 3.82. The van der Waals surface area contributed by atoms with Crippen molar-refractivity contribution < 1.29 is 58.2 Å². The number of methoxy groups -OCH3 is 1. The van der Waals surface area contributed by atoms with Gasteiger partial charge in [0.05, 0.1) is 47.1 Å². The Hall–Kier alpha value is -5.36. The molecule has 1 aromatic rings. The van der Waals surface area contributed by atoms with E-state index in [4.69, 9.17) is 23.9 Å².